The predicted molar refractivity (Wildman–Crippen MR) is 104 cm³/mol. The molecule has 0 aliphatic carbocycles. The summed E-state index contributed by atoms with van der Waals surface area (Å²) in [6, 6.07) is 8.09. The van der Waals surface area contributed by atoms with E-state index < -0.39 is 21.7 Å². The molecule has 27 heavy (non-hydrogen) atoms. The Hall–Kier alpha value is -2.30. The molecule has 1 aliphatic heterocycles. The third-order valence-corrected chi connectivity index (χ3v) is 5.98. The average molecular weight is 430 g/mol. The van der Waals surface area contributed by atoms with Gasteiger partial charge in [-0.3, -0.25) is 4.79 Å². The summed E-state index contributed by atoms with van der Waals surface area (Å²) in [4.78, 5) is 11.9. The van der Waals surface area contributed by atoms with E-state index in [9.17, 15) is 17.6 Å². The minimum atomic E-state index is -4.04. The van der Waals surface area contributed by atoms with Crippen molar-refractivity contribution >= 4 is 55.8 Å². The van der Waals surface area contributed by atoms with Crippen LogP contribution < -0.4 is 15.4 Å². The van der Waals surface area contributed by atoms with Crippen molar-refractivity contribution in [2.24, 2.45) is 4.40 Å². The fraction of sp³-hybridized carbons (Fsp3) is 0.125. The van der Waals surface area contributed by atoms with Crippen molar-refractivity contribution in [1.29, 1.82) is 0 Å². The number of anilines is 2. The number of nitrogens with zero attached hydrogens (tertiary/aromatic N) is 1. The summed E-state index contributed by atoms with van der Waals surface area (Å²) in [7, 11) is -2.58. The van der Waals surface area contributed by atoms with Crippen LogP contribution >= 0.6 is 23.4 Å². The summed E-state index contributed by atoms with van der Waals surface area (Å²) in [6.45, 7) is 0. The standard InChI is InChI=1S/C16H13ClFN3O4S2/c1-25-13-5-2-9(17)6-12(13)19-15(22)8-26-16-20-11-4-3-10(18)7-14(11)27(23,24)21-16/h2-7H,8H2,1H3,(H,19,22)(H,20,21). The van der Waals surface area contributed by atoms with Crippen molar-refractivity contribution < 1.29 is 22.3 Å². The first kappa shape index (κ1) is 19.5. The summed E-state index contributed by atoms with van der Waals surface area (Å²) in [5, 5.41) is 5.85. The fourth-order valence-electron chi connectivity index (χ4n) is 2.27. The number of nitrogens with one attached hydrogen (secondary N) is 2. The molecule has 2 aromatic carbocycles. The molecule has 2 N–H and O–H groups in total. The molecular weight excluding hydrogens is 417 g/mol. The van der Waals surface area contributed by atoms with Crippen LogP contribution in [-0.2, 0) is 14.8 Å². The molecule has 7 nitrogen and oxygen atoms in total. The van der Waals surface area contributed by atoms with Crippen LogP contribution in [0.5, 0.6) is 5.75 Å². The van der Waals surface area contributed by atoms with Crippen LogP contribution in [-0.4, -0.2) is 32.4 Å². The number of sulfonamides is 1. The molecule has 0 spiro atoms. The van der Waals surface area contributed by atoms with E-state index in [1.54, 1.807) is 12.1 Å². The molecule has 1 aliphatic rings. The van der Waals surface area contributed by atoms with Gasteiger partial charge < -0.3 is 15.4 Å². The molecule has 0 atom stereocenters. The molecule has 0 bridgehead atoms. The van der Waals surface area contributed by atoms with Gasteiger partial charge >= 0.3 is 0 Å². The molecule has 0 fully saturated rings. The number of hydrogen-bond donors (Lipinski definition) is 2. The number of carbonyl (C=O) groups excluding carboxylic acids is 1. The van der Waals surface area contributed by atoms with Crippen molar-refractivity contribution in [3.63, 3.8) is 0 Å². The number of halogens is 2. The molecule has 0 aromatic heterocycles. The molecule has 11 heteroatoms. The highest BCUT2D eigenvalue weighted by molar-refractivity contribution is 8.15. The number of hydrogen-bond acceptors (Lipinski definition) is 6. The molecular formula is C16H13ClFN3O4S2. The number of fused-ring (bicyclic) bond motifs is 1. The quantitative estimate of drug-likeness (QED) is 0.773. The first-order valence-electron chi connectivity index (χ1n) is 7.46. The molecule has 0 saturated heterocycles. The van der Waals surface area contributed by atoms with Gasteiger partial charge in [-0.25, -0.2) is 4.39 Å². The molecule has 0 saturated carbocycles. The van der Waals surface area contributed by atoms with Crippen LogP contribution in [0.2, 0.25) is 5.02 Å². The van der Waals surface area contributed by atoms with E-state index in [0.29, 0.717) is 16.5 Å². The number of amidine groups is 1. The third-order valence-electron chi connectivity index (χ3n) is 3.44. The van der Waals surface area contributed by atoms with Gasteiger partial charge in [0, 0.05) is 5.02 Å². The van der Waals surface area contributed by atoms with E-state index in [0.717, 1.165) is 23.9 Å². The first-order chi connectivity index (χ1) is 12.8. The zero-order valence-corrected chi connectivity index (χ0v) is 16.2. The second-order valence-electron chi connectivity index (χ2n) is 5.32. The Balaban J connectivity index is 1.69. The molecule has 3 rings (SSSR count). The number of carbonyl (C=O) groups is 1. The molecule has 0 radical (unpaired) electrons. The van der Waals surface area contributed by atoms with E-state index in [4.69, 9.17) is 16.3 Å². The van der Waals surface area contributed by atoms with Crippen LogP contribution in [0.4, 0.5) is 15.8 Å². The summed E-state index contributed by atoms with van der Waals surface area (Å²) in [6.07, 6.45) is 0. The van der Waals surface area contributed by atoms with E-state index in [-0.39, 0.29) is 21.5 Å². The predicted octanol–water partition coefficient (Wildman–Crippen LogP) is 3.33. The Morgan fingerprint density at radius 3 is 2.85 bits per heavy atom. The average Bonchev–Trinajstić information content (AvgIpc) is 2.60. The molecule has 1 amide bonds. The zero-order chi connectivity index (χ0) is 19.6. The topological polar surface area (TPSA) is 96.9 Å². The lowest BCUT2D eigenvalue weighted by Gasteiger charge is -2.17. The van der Waals surface area contributed by atoms with Crippen molar-refractivity contribution in [2.45, 2.75) is 4.90 Å². The van der Waals surface area contributed by atoms with E-state index in [2.05, 4.69) is 15.0 Å². The number of amides is 1. The highest BCUT2D eigenvalue weighted by atomic mass is 35.5. The highest BCUT2D eigenvalue weighted by Gasteiger charge is 2.26. The summed E-state index contributed by atoms with van der Waals surface area (Å²) in [5.74, 6) is -0.773. The number of benzene rings is 2. The first-order valence-corrected chi connectivity index (χ1v) is 10.3. The van der Waals surface area contributed by atoms with Gasteiger partial charge in [0.25, 0.3) is 10.0 Å². The maximum atomic E-state index is 13.3. The smallest absolute Gasteiger partial charge is 0.286 e. The number of thioether (sulfide) groups is 1. The Bertz CT molecular complexity index is 1040. The number of rotatable bonds is 4. The van der Waals surface area contributed by atoms with E-state index in [1.807, 2.05) is 0 Å². The number of ether oxygens (including phenoxy) is 1. The molecule has 142 valence electrons. The summed E-state index contributed by atoms with van der Waals surface area (Å²) in [5.41, 5.74) is 0.591. The van der Waals surface area contributed by atoms with Gasteiger partial charge in [0.15, 0.2) is 5.17 Å². The lowest BCUT2D eigenvalue weighted by atomic mass is 10.3. The normalized spacial score (nSPS) is 14.6. The van der Waals surface area contributed by atoms with Gasteiger partial charge in [-0.05, 0) is 36.4 Å². The van der Waals surface area contributed by atoms with Crippen molar-refractivity contribution in [3.8, 4) is 5.75 Å². The summed E-state index contributed by atoms with van der Waals surface area (Å²) < 4.78 is 46.3. The van der Waals surface area contributed by atoms with Crippen molar-refractivity contribution in [2.75, 3.05) is 23.5 Å². The zero-order valence-electron chi connectivity index (χ0n) is 13.8. The lowest BCUT2D eigenvalue weighted by Crippen LogP contribution is -2.22. The Labute approximate surface area is 164 Å². The van der Waals surface area contributed by atoms with Gasteiger partial charge in [-0.1, -0.05) is 23.4 Å². The summed E-state index contributed by atoms with van der Waals surface area (Å²) >= 11 is 6.80. The number of methoxy groups -OCH3 is 1. The lowest BCUT2D eigenvalue weighted by molar-refractivity contribution is -0.113. The Kier molecular flexibility index (Phi) is 5.59. The van der Waals surface area contributed by atoms with Crippen LogP contribution in [0.25, 0.3) is 0 Å². The van der Waals surface area contributed by atoms with Gasteiger partial charge in [-0.15, -0.1) is 4.40 Å². The fourth-order valence-corrected chi connectivity index (χ4v) is 4.49. The second kappa shape index (κ2) is 7.75. The maximum Gasteiger partial charge on any atom is 0.286 e. The molecule has 0 unspecified atom stereocenters. The Morgan fingerprint density at radius 1 is 1.33 bits per heavy atom. The highest BCUT2D eigenvalue weighted by Crippen LogP contribution is 2.31. The van der Waals surface area contributed by atoms with Crippen LogP contribution in [0.1, 0.15) is 0 Å². The van der Waals surface area contributed by atoms with Gasteiger partial charge in [0.1, 0.15) is 16.5 Å². The molecule has 1 heterocycles. The van der Waals surface area contributed by atoms with Crippen molar-refractivity contribution in [1.82, 2.24) is 0 Å². The van der Waals surface area contributed by atoms with Crippen LogP contribution in [0.3, 0.4) is 0 Å². The van der Waals surface area contributed by atoms with Gasteiger partial charge in [0.05, 0.1) is 24.2 Å². The van der Waals surface area contributed by atoms with Gasteiger partial charge in [0.2, 0.25) is 5.91 Å². The van der Waals surface area contributed by atoms with Gasteiger partial charge in [-0.2, -0.15) is 8.42 Å². The second-order valence-corrected chi connectivity index (χ2v) is 8.29. The monoisotopic (exact) mass is 429 g/mol. The minimum absolute atomic E-state index is 0.0160. The van der Waals surface area contributed by atoms with Crippen LogP contribution in [0, 0.1) is 5.82 Å². The third kappa shape index (κ3) is 4.52. The molecule has 2 aromatic rings. The van der Waals surface area contributed by atoms with Crippen LogP contribution in [0.15, 0.2) is 45.7 Å². The SMILES string of the molecule is COc1ccc(Cl)cc1NC(=O)CSC1=NS(=O)(=O)c2cc(F)ccc2N1. The maximum absolute atomic E-state index is 13.3. The van der Waals surface area contributed by atoms with Crippen molar-refractivity contribution in [3.05, 3.63) is 47.2 Å². The van der Waals surface area contributed by atoms with E-state index >= 15 is 0 Å². The Morgan fingerprint density at radius 2 is 2.11 bits per heavy atom. The largest absolute Gasteiger partial charge is 0.495 e. The van der Waals surface area contributed by atoms with E-state index in [1.165, 1.54) is 19.2 Å². The minimum Gasteiger partial charge on any atom is -0.495 e.